The zero-order valence-corrected chi connectivity index (χ0v) is 21.4. The molecule has 190 valence electrons. The van der Waals surface area contributed by atoms with Crippen LogP contribution in [0.1, 0.15) is 63.0 Å². The maximum absolute atomic E-state index is 13.4. The van der Waals surface area contributed by atoms with Crippen molar-refractivity contribution in [1.29, 1.82) is 0 Å². The number of rotatable bonds is 10. The van der Waals surface area contributed by atoms with Gasteiger partial charge in [-0.2, -0.15) is 0 Å². The quantitative estimate of drug-likeness (QED) is 0.383. The number of amides is 1. The first kappa shape index (κ1) is 27.0. The minimum atomic E-state index is -0.922. The number of carboxylic acid groups (broad SMARTS) is 1. The maximum atomic E-state index is 13.4. The Morgan fingerprint density at radius 1 is 1.06 bits per heavy atom. The highest BCUT2D eigenvalue weighted by atomic mass is 35.5. The van der Waals surface area contributed by atoms with Gasteiger partial charge in [-0.25, -0.2) is 0 Å². The van der Waals surface area contributed by atoms with Crippen molar-refractivity contribution < 1.29 is 19.8 Å². The first-order valence-electron chi connectivity index (χ1n) is 12.5. The number of nitrogens with one attached hydrogen (secondary N) is 1. The smallest absolute Gasteiger partial charge is 0.305 e. The van der Waals surface area contributed by atoms with E-state index >= 15 is 0 Å². The van der Waals surface area contributed by atoms with Crippen LogP contribution in [0.2, 0.25) is 5.02 Å². The largest absolute Gasteiger partial charge is 0.481 e. The van der Waals surface area contributed by atoms with Gasteiger partial charge in [-0.3, -0.25) is 9.59 Å². The van der Waals surface area contributed by atoms with Gasteiger partial charge in [0.2, 0.25) is 5.91 Å². The molecule has 0 radical (unpaired) electrons. The Morgan fingerprint density at radius 3 is 2.51 bits per heavy atom. The van der Waals surface area contributed by atoms with E-state index in [2.05, 4.69) is 31.3 Å². The van der Waals surface area contributed by atoms with Gasteiger partial charge in [0, 0.05) is 29.7 Å². The predicted molar refractivity (Wildman–Crippen MR) is 140 cm³/mol. The van der Waals surface area contributed by atoms with Crippen molar-refractivity contribution in [2.24, 2.45) is 5.92 Å². The summed E-state index contributed by atoms with van der Waals surface area (Å²) >= 11 is 6.09. The molecule has 6 nitrogen and oxygen atoms in total. The second kappa shape index (κ2) is 12.9. The number of aliphatic carboxylic acids is 1. The normalized spacial score (nSPS) is 20.3. The van der Waals surface area contributed by atoms with Gasteiger partial charge in [-0.1, -0.05) is 49.7 Å². The van der Waals surface area contributed by atoms with Crippen LogP contribution in [0.3, 0.4) is 0 Å². The Hall–Kier alpha value is -2.57. The van der Waals surface area contributed by atoms with Crippen LogP contribution in [0.5, 0.6) is 0 Å². The number of hydrogen-bond donors (Lipinski definition) is 3. The minimum Gasteiger partial charge on any atom is -0.481 e. The Morgan fingerprint density at radius 2 is 1.80 bits per heavy atom. The Kier molecular flexibility index (Phi) is 9.99. The van der Waals surface area contributed by atoms with Crippen LogP contribution in [0.25, 0.3) is 0 Å². The average Bonchev–Trinajstić information content (AvgIpc) is 3.00. The number of anilines is 1. The number of carbonyl (C=O) groups is 2. The molecule has 1 aliphatic rings. The molecule has 0 saturated heterocycles. The van der Waals surface area contributed by atoms with Gasteiger partial charge in [-0.15, -0.1) is 0 Å². The van der Waals surface area contributed by atoms with Crippen molar-refractivity contribution in [3.05, 3.63) is 64.7 Å². The molecule has 1 aliphatic carbocycles. The highest BCUT2D eigenvalue weighted by molar-refractivity contribution is 6.30. The van der Waals surface area contributed by atoms with Crippen LogP contribution in [-0.4, -0.2) is 52.2 Å². The molecule has 0 bridgehead atoms. The second-order valence-corrected chi connectivity index (χ2v) is 10.2. The van der Waals surface area contributed by atoms with Crippen LogP contribution < -0.4 is 5.32 Å². The van der Waals surface area contributed by atoms with Gasteiger partial charge >= 0.3 is 5.97 Å². The molecule has 0 heterocycles. The van der Waals surface area contributed by atoms with Crippen molar-refractivity contribution in [2.75, 3.05) is 18.4 Å². The van der Waals surface area contributed by atoms with Gasteiger partial charge in [0.25, 0.3) is 0 Å². The van der Waals surface area contributed by atoms with Gasteiger partial charge in [0.1, 0.15) is 0 Å². The Balaban J connectivity index is 1.64. The first-order valence-corrected chi connectivity index (χ1v) is 12.9. The van der Waals surface area contributed by atoms with Gasteiger partial charge in [-0.05, 0) is 73.4 Å². The number of hydrogen-bond acceptors (Lipinski definition) is 4. The molecule has 3 rings (SSSR count). The van der Waals surface area contributed by atoms with Gasteiger partial charge < -0.3 is 20.4 Å². The van der Waals surface area contributed by atoms with E-state index in [1.54, 1.807) is 11.0 Å². The van der Waals surface area contributed by atoms with Gasteiger partial charge in [0.05, 0.1) is 18.6 Å². The van der Waals surface area contributed by atoms with E-state index in [4.69, 9.17) is 11.6 Å². The summed E-state index contributed by atoms with van der Waals surface area (Å²) in [4.78, 5) is 26.3. The number of aliphatic hydroxyl groups is 1. The summed E-state index contributed by atoms with van der Waals surface area (Å²) in [5, 5.41) is 24.1. The zero-order valence-electron chi connectivity index (χ0n) is 20.6. The van der Waals surface area contributed by atoms with Crippen molar-refractivity contribution >= 4 is 29.2 Å². The molecule has 1 amide bonds. The van der Waals surface area contributed by atoms with Crippen molar-refractivity contribution in [2.45, 2.75) is 70.4 Å². The van der Waals surface area contributed by atoms with Crippen molar-refractivity contribution in [1.82, 2.24) is 4.90 Å². The summed E-state index contributed by atoms with van der Waals surface area (Å²) in [6.07, 6.45) is 2.41. The number of aliphatic hydroxyl groups excluding tert-OH is 1. The first-order chi connectivity index (χ1) is 16.7. The molecule has 0 aliphatic heterocycles. The fraction of sp³-hybridized carbons (Fsp3) is 0.500. The average molecular weight is 501 g/mol. The Labute approximate surface area is 213 Å². The standard InChI is InChI=1S/C28H37ClN2O4/c1-19(2)22-6-4-8-24(18-22)30-25-11-9-21(10-12-26(25)32)28(35)31(16-14-27(33)34)15-13-20-5-3-7-23(29)17-20/h3-8,17-19,21,25-26,30,32H,9-16H2,1-2H3,(H,33,34)/t21-,25+,26+/m1/s1. The summed E-state index contributed by atoms with van der Waals surface area (Å²) < 4.78 is 0. The lowest BCUT2D eigenvalue weighted by Gasteiger charge is -2.27. The number of nitrogens with zero attached hydrogens (tertiary/aromatic N) is 1. The van der Waals surface area contributed by atoms with E-state index < -0.39 is 12.1 Å². The SMILES string of the molecule is CC(C)c1cccc(N[C@H]2CC[C@@H](C(=O)N(CCC(=O)O)CCc3cccc(Cl)c3)CC[C@@H]2O)c1. The maximum Gasteiger partial charge on any atom is 0.305 e. The summed E-state index contributed by atoms with van der Waals surface area (Å²) in [5.74, 6) is -0.759. The topological polar surface area (TPSA) is 89.9 Å². The molecule has 1 saturated carbocycles. The monoisotopic (exact) mass is 500 g/mol. The molecule has 2 aromatic rings. The summed E-state index contributed by atoms with van der Waals surface area (Å²) in [7, 11) is 0. The summed E-state index contributed by atoms with van der Waals surface area (Å²) in [6.45, 7) is 4.92. The lowest BCUT2D eigenvalue weighted by molar-refractivity contribution is -0.140. The lowest BCUT2D eigenvalue weighted by atomic mass is 9.98. The number of halogens is 1. The molecular formula is C28H37ClN2O4. The van der Waals surface area contributed by atoms with E-state index in [-0.39, 0.29) is 30.8 Å². The van der Waals surface area contributed by atoms with E-state index in [0.717, 1.165) is 11.3 Å². The minimum absolute atomic E-state index is 0.0251. The molecule has 0 spiro atoms. The van der Waals surface area contributed by atoms with Crippen LogP contribution >= 0.6 is 11.6 Å². The summed E-state index contributed by atoms with van der Waals surface area (Å²) in [5.41, 5.74) is 3.23. The van der Waals surface area contributed by atoms with Crippen LogP contribution in [-0.2, 0) is 16.0 Å². The fourth-order valence-electron chi connectivity index (χ4n) is 4.69. The molecule has 7 heteroatoms. The predicted octanol–water partition coefficient (Wildman–Crippen LogP) is 5.34. The third-order valence-corrected chi connectivity index (χ3v) is 7.06. The number of carboxylic acids is 1. The molecule has 0 aromatic heterocycles. The molecule has 3 N–H and O–H groups in total. The fourth-order valence-corrected chi connectivity index (χ4v) is 4.90. The van der Waals surface area contributed by atoms with Crippen molar-refractivity contribution in [3.8, 4) is 0 Å². The Bertz CT molecular complexity index is 996. The third-order valence-electron chi connectivity index (χ3n) is 6.82. The molecule has 1 fully saturated rings. The molecule has 35 heavy (non-hydrogen) atoms. The summed E-state index contributed by atoms with van der Waals surface area (Å²) in [6, 6.07) is 15.6. The van der Waals surface area contributed by atoms with Crippen LogP contribution in [0.4, 0.5) is 5.69 Å². The lowest BCUT2D eigenvalue weighted by Crippen LogP contribution is -2.39. The molecule has 3 atom stereocenters. The highest BCUT2D eigenvalue weighted by Crippen LogP contribution is 2.28. The van der Waals surface area contributed by atoms with Gasteiger partial charge in [0.15, 0.2) is 0 Å². The molecular weight excluding hydrogens is 464 g/mol. The number of benzene rings is 2. The van der Waals surface area contributed by atoms with E-state index in [9.17, 15) is 19.8 Å². The van der Waals surface area contributed by atoms with E-state index in [0.29, 0.717) is 49.6 Å². The zero-order chi connectivity index (χ0) is 25.4. The highest BCUT2D eigenvalue weighted by Gasteiger charge is 2.31. The second-order valence-electron chi connectivity index (χ2n) is 9.80. The molecule has 2 aromatic carbocycles. The van der Waals surface area contributed by atoms with Crippen molar-refractivity contribution in [3.63, 3.8) is 0 Å². The third kappa shape index (κ3) is 8.25. The number of carbonyl (C=O) groups excluding carboxylic acids is 1. The van der Waals surface area contributed by atoms with Crippen LogP contribution in [0.15, 0.2) is 48.5 Å². The van der Waals surface area contributed by atoms with E-state index in [1.165, 1.54) is 5.56 Å². The van der Waals surface area contributed by atoms with Crippen LogP contribution in [0, 0.1) is 5.92 Å². The molecule has 0 unspecified atom stereocenters. The van der Waals surface area contributed by atoms with E-state index in [1.807, 2.05) is 30.3 Å².